The van der Waals surface area contributed by atoms with Crippen molar-refractivity contribution in [2.24, 2.45) is 0 Å². The van der Waals surface area contributed by atoms with Crippen LogP contribution in [0.4, 0.5) is 0 Å². The fourth-order valence-electron chi connectivity index (χ4n) is 1.42. The molecular formula is C10H11NO4. The molecular weight excluding hydrogens is 198 g/mol. The van der Waals surface area contributed by atoms with Crippen LogP contribution in [0.15, 0.2) is 12.1 Å². The molecule has 0 bridgehead atoms. The highest BCUT2D eigenvalue weighted by Gasteiger charge is 2.20. The highest BCUT2D eigenvalue weighted by Crippen LogP contribution is 2.37. The van der Waals surface area contributed by atoms with E-state index in [0.717, 1.165) is 11.8 Å². The molecule has 2 N–H and O–H groups in total. The minimum absolute atomic E-state index is 0.0726. The van der Waals surface area contributed by atoms with Crippen LogP contribution in [0.3, 0.4) is 0 Å². The predicted molar refractivity (Wildman–Crippen MR) is 51.3 cm³/mol. The van der Waals surface area contributed by atoms with Crippen LogP contribution in [0, 0.1) is 0 Å². The van der Waals surface area contributed by atoms with Crippen LogP contribution in [-0.2, 0) is 22.8 Å². The average Bonchev–Trinajstić information content (AvgIpc) is 2.70. The summed E-state index contributed by atoms with van der Waals surface area (Å²) in [6.45, 7) is 1.03. The molecule has 0 atom stereocenters. The SMILES string of the molecule is O=CCNCc1ccc2c(c1O)OOC2. The molecule has 0 spiro atoms. The van der Waals surface area contributed by atoms with Crippen molar-refractivity contribution in [3.05, 3.63) is 23.3 Å². The smallest absolute Gasteiger partial charge is 0.212 e. The van der Waals surface area contributed by atoms with Gasteiger partial charge in [-0.3, -0.25) is 0 Å². The number of rotatable bonds is 4. The molecule has 1 aromatic carbocycles. The van der Waals surface area contributed by atoms with Gasteiger partial charge >= 0.3 is 0 Å². The number of fused-ring (bicyclic) bond motifs is 1. The van der Waals surface area contributed by atoms with E-state index < -0.39 is 0 Å². The zero-order chi connectivity index (χ0) is 10.7. The van der Waals surface area contributed by atoms with E-state index in [1.165, 1.54) is 0 Å². The highest BCUT2D eigenvalue weighted by molar-refractivity contribution is 5.53. The van der Waals surface area contributed by atoms with Crippen LogP contribution in [-0.4, -0.2) is 17.9 Å². The van der Waals surface area contributed by atoms with E-state index >= 15 is 0 Å². The standard InChI is InChI=1S/C10H11NO4/c12-4-3-11-5-7-1-2-8-6-14-15-10(8)9(7)13/h1-2,4,11,13H,3,5-6H2. The molecule has 0 aliphatic carbocycles. The number of hydrogen-bond acceptors (Lipinski definition) is 5. The van der Waals surface area contributed by atoms with Crippen LogP contribution in [0.2, 0.25) is 0 Å². The highest BCUT2D eigenvalue weighted by atomic mass is 17.2. The van der Waals surface area contributed by atoms with E-state index in [0.29, 0.717) is 24.5 Å². The maximum Gasteiger partial charge on any atom is 0.212 e. The lowest BCUT2D eigenvalue weighted by Gasteiger charge is -2.06. The van der Waals surface area contributed by atoms with Crippen molar-refractivity contribution in [2.75, 3.05) is 6.54 Å². The minimum atomic E-state index is 0.0726. The molecule has 5 nitrogen and oxygen atoms in total. The summed E-state index contributed by atoms with van der Waals surface area (Å²) in [5.41, 5.74) is 1.51. The fraction of sp³-hybridized carbons (Fsp3) is 0.300. The number of carbonyl (C=O) groups is 1. The van der Waals surface area contributed by atoms with Crippen molar-refractivity contribution < 1.29 is 19.7 Å². The fourth-order valence-corrected chi connectivity index (χ4v) is 1.42. The van der Waals surface area contributed by atoms with Gasteiger partial charge in [0.05, 0.1) is 6.54 Å². The number of phenolic OH excluding ortho intramolecular Hbond substituents is 1. The first-order valence-corrected chi connectivity index (χ1v) is 4.60. The van der Waals surface area contributed by atoms with Gasteiger partial charge in [-0.25, -0.2) is 0 Å². The minimum Gasteiger partial charge on any atom is -0.504 e. The molecule has 0 unspecified atom stereocenters. The van der Waals surface area contributed by atoms with Crippen molar-refractivity contribution in [1.82, 2.24) is 5.32 Å². The van der Waals surface area contributed by atoms with Gasteiger partial charge in [-0.1, -0.05) is 12.1 Å². The third-order valence-electron chi connectivity index (χ3n) is 2.20. The van der Waals surface area contributed by atoms with Crippen molar-refractivity contribution in [3.8, 4) is 11.5 Å². The zero-order valence-corrected chi connectivity index (χ0v) is 8.03. The second-order valence-electron chi connectivity index (χ2n) is 3.20. The summed E-state index contributed by atoms with van der Waals surface area (Å²) in [4.78, 5) is 19.7. The Kier molecular flexibility index (Phi) is 2.84. The molecule has 1 aliphatic rings. The topological polar surface area (TPSA) is 67.8 Å². The van der Waals surface area contributed by atoms with Gasteiger partial charge in [-0.2, -0.15) is 4.89 Å². The normalized spacial score (nSPS) is 13.3. The maximum atomic E-state index is 10.1. The molecule has 2 rings (SSSR count). The first-order valence-electron chi connectivity index (χ1n) is 4.60. The zero-order valence-electron chi connectivity index (χ0n) is 8.03. The quantitative estimate of drug-likeness (QED) is 0.429. The third-order valence-corrected chi connectivity index (χ3v) is 2.20. The molecule has 0 fully saturated rings. The van der Waals surface area contributed by atoms with Crippen LogP contribution < -0.4 is 10.2 Å². The van der Waals surface area contributed by atoms with Crippen LogP contribution in [0.1, 0.15) is 11.1 Å². The Bertz CT molecular complexity index is 378. The number of phenols is 1. The Hall–Kier alpha value is -1.59. The molecule has 15 heavy (non-hydrogen) atoms. The van der Waals surface area contributed by atoms with Crippen molar-refractivity contribution in [2.45, 2.75) is 13.2 Å². The third kappa shape index (κ3) is 1.93. The number of carbonyl (C=O) groups excluding carboxylic acids is 1. The molecule has 1 heterocycles. The van der Waals surface area contributed by atoms with Crippen LogP contribution in [0.25, 0.3) is 0 Å². The van der Waals surface area contributed by atoms with Gasteiger partial charge in [0.25, 0.3) is 0 Å². The number of hydrogen-bond donors (Lipinski definition) is 2. The summed E-state index contributed by atoms with van der Waals surface area (Å²) in [6.07, 6.45) is 0.768. The lowest BCUT2D eigenvalue weighted by atomic mass is 10.1. The molecule has 80 valence electrons. The molecule has 5 heteroatoms. The molecule has 1 aliphatic heterocycles. The van der Waals surface area contributed by atoms with E-state index in [2.05, 4.69) is 5.32 Å². The Labute approximate surface area is 86.5 Å². The molecule has 1 aromatic rings. The lowest BCUT2D eigenvalue weighted by Crippen LogP contribution is -2.15. The van der Waals surface area contributed by atoms with E-state index in [1.807, 2.05) is 6.07 Å². The van der Waals surface area contributed by atoms with Gasteiger partial charge in [0, 0.05) is 17.7 Å². The van der Waals surface area contributed by atoms with E-state index in [4.69, 9.17) is 9.78 Å². The van der Waals surface area contributed by atoms with Crippen molar-refractivity contribution >= 4 is 6.29 Å². The average molecular weight is 209 g/mol. The molecule has 0 saturated heterocycles. The van der Waals surface area contributed by atoms with Gasteiger partial charge in [0.1, 0.15) is 12.9 Å². The van der Waals surface area contributed by atoms with Crippen LogP contribution in [0.5, 0.6) is 11.5 Å². The summed E-state index contributed by atoms with van der Waals surface area (Å²) < 4.78 is 0. The van der Waals surface area contributed by atoms with Gasteiger partial charge in [0.2, 0.25) is 5.75 Å². The van der Waals surface area contributed by atoms with E-state index in [-0.39, 0.29) is 12.3 Å². The summed E-state index contributed by atoms with van der Waals surface area (Å²) in [5, 5.41) is 12.6. The first-order chi connectivity index (χ1) is 7.33. The summed E-state index contributed by atoms with van der Waals surface area (Å²) in [5.74, 6) is 0.448. The lowest BCUT2D eigenvalue weighted by molar-refractivity contribution is -0.195. The Morgan fingerprint density at radius 3 is 3.20 bits per heavy atom. The summed E-state index contributed by atoms with van der Waals surface area (Å²) in [7, 11) is 0. The van der Waals surface area contributed by atoms with Crippen molar-refractivity contribution in [3.63, 3.8) is 0 Å². The van der Waals surface area contributed by atoms with Gasteiger partial charge in [-0.15, -0.1) is 0 Å². The van der Waals surface area contributed by atoms with Gasteiger partial charge in [0.15, 0.2) is 5.75 Å². The van der Waals surface area contributed by atoms with Crippen LogP contribution >= 0.6 is 0 Å². The number of aldehydes is 1. The molecule has 0 aromatic heterocycles. The number of aromatic hydroxyl groups is 1. The summed E-state index contributed by atoms with van der Waals surface area (Å²) in [6, 6.07) is 3.62. The van der Waals surface area contributed by atoms with Gasteiger partial charge < -0.3 is 20.1 Å². The second kappa shape index (κ2) is 4.29. The number of nitrogens with one attached hydrogen (secondary N) is 1. The molecule has 0 radical (unpaired) electrons. The largest absolute Gasteiger partial charge is 0.504 e. The Balaban J connectivity index is 2.15. The molecule has 0 amide bonds. The molecule has 0 saturated carbocycles. The number of benzene rings is 1. The van der Waals surface area contributed by atoms with Gasteiger partial charge in [-0.05, 0) is 0 Å². The Morgan fingerprint density at radius 2 is 2.40 bits per heavy atom. The summed E-state index contributed by atoms with van der Waals surface area (Å²) >= 11 is 0. The first kappa shape index (κ1) is 9.95. The monoisotopic (exact) mass is 209 g/mol. The second-order valence-corrected chi connectivity index (χ2v) is 3.20. The van der Waals surface area contributed by atoms with E-state index in [1.54, 1.807) is 6.07 Å². The maximum absolute atomic E-state index is 10.1. The van der Waals surface area contributed by atoms with Crippen molar-refractivity contribution in [1.29, 1.82) is 0 Å². The van der Waals surface area contributed by atoms with E-state index in [9.17, 15) is 9.90 Å². The predicted octanol–water partition coefficient (Wildman–Crippen LogP) is 0.505. The Morgan fingerprint density at radius 1 is 1.53 bits per heavy atom.